The van der Waals surface area contributed by atoms with E-state index in [1.54, 1.807) is 6.07 Å². The summed E-state index contributed by atoms with van der Waals surface area (Å²) in [6, 6.07) is 7.50. The summed E-state index contributed by atoms with van der Waals surface area (Å²) in [6.45, 7) is 1.98. The Morgan fingerprint density at radius 1 is 1.33 bits per heavy atom. The summed E-state index contributed by atoms with van der Waals surface area (Å²) in [4.78, 5) is 0. The van der Waals surface area contributed by atoms with Gasteiger partial charge >= 0.3 is 0 Å². The van der Waals surface area contributed by atoms with Crippen LogP contribution in [0.3, 0.4) is 0 Å². The molecule has 1 aromatic carbocycles. The van der Waals surface area contributed by atoms with Gasteiger partial charge in [-0.3, -0.25) is 0 Å². The molecule has 1 atom stereocenters. The van der Waals surface area contributed by atoms with Gasteiger partial charge in [-0.05, 0) is 31.5 Å². The molecule has 5 heteroatoms. The van der Waals surface area contributed by atoms with E-state index in [0.29, 0.717) is 11.3 Å². The highest BCUT2D eigenvalue weighted by molar-refractivity contribution is 7.90. The minimum Gasteiger partial charge on any atom is -0.458 e. The summed E-state index contributed by atoms with van der Waals surface area (Å²) in [5.41, 5.74) is 1.81. The number of aliphatic hydroxyl groups is 1. The zero-order chi connectivity index (χ0) is 13.3. The highest BCUT2D eigenvalue weighted by atomic mass is 32.2. The molecule has 0 aliphatic heterocycles. The lowest BCUT2D eigenvalue weighted by Crippen LogP contribution is -2.07. The maximum Gasteiger partial charge on any atom is 0.147 e. The second-order valence-corrected chi connectivity index (χ2v) is 6.88. The Bertz CT molecular complexity index is 655. The molecule has 18 heavy (non-hydrogen) atoms. The third-order valence-corrected chi connectivity index (χ3v) is 3.76. The molecule has 0 amide bonds. The largest absolute Gasteiger partial charge is 0.458 e. The Morgan fingerprint density at radius 3 is 2.72 bits per heavy atom. The Labute approximate surface area is 106 Å². The first-order valence-electron chi connectivity index (χ1n) is 5.71. The molecule has 0 aliphatic rings. The van der Waals surface area contributed by atoms with Gasteiger partial charge in [-0.25, -0.2) is 8.42 Å². The predicted octanol–water partition coefficient (Wildman–Crippen LogP) is 2.21. The number of benzene rings is 1. The number of sulfone groups is 1. The van der Waals surface area contributed by atoms with Crippen molar-refractivity contribution >= 4 is 20.8 Å². The van der Waals surface area contributed by atoms with Crippen LogP contribution in [0.2, 0.25) is 0 Å². The molecular formula is C13H16O4S. The van der Waals surface area contributed by atoms with Gasteiger partial charge in [-0.2, -0.15) is 0 Å². The number of aliphatic hydroxyl groups excluding tert-OH is 1. The van der Waals surface area contributed by atoms with Gasteiger partial charge in [-0.1, -0.05) is 11.6 Å². The maximum absolute atomic E-state index is 11.0. The zero-order valence-electron chi connectivity index (χ0n) is 10.4. The number of fused-ring (bicyclic) bond motifs is 1. The van der Waals surface area contributed by atoms with E-state index in [-0.39, 0.29) is 12.2 Å². The molecule has 0 aliphatic carbocycles. The monoisotopic (exact) mass is 268 g/mol. The van der Waals surface area contributed by atoms with Gasteiger partial charge < -0.3 is 9.52 Å². The van der Waals surface area contributed by atoms with Crippen LogP contribution in [-0.4, -0.2) is 25.5 Å². The van der Waals surface area contributed by atoms with Crippen molar-refractivity contribution in [2.45, 2.75) is 19.4 Å². The topological polar surface area (TPSA) is 67.5 Å². The van der Waals surface area contributed by atoms with Crippen molar-refractivity contribution in [1.29, 1.82) is 0 Å². The molecule has 1 N–H and O–H groups in total. The SMILES string of the molecule is Cc1ccc2oc(C(O)CCS(C)(=O)=O)cc2c1. The van der Waals surface area contributed by atoms with Gasteiger partial charge in [0.2, 0.25) is 0 Å². The van der Waals surface area contributed by atoms with E-state index in [0.717, 1.165) is 17.2 Å². The van der Waals surface area contributed by atoms with E-state index >= 15 is 0 Å². The molecule has 2 aromatic rings. The van der Waals surface area contributed by atoms with Crippen molar-refractivity contribution in [1.82, 2.24) is 0 Å². The van der Waals surface area contributed by atoms with Gasteiger partial charge in [-0.15, -0.1) is 0 Å². The van der Waals surface area contributed by atoms with Crippen molar-refractivity contribution in [3.05, 3.63) is 35.6 Å². The molecular weight excluding hydrogens is 252 g/mol. The van der Waals surface area contributed by atoms with E-state index < -0.39 is 15.9 Å². The van der Waals surface area contributed by atoms with Crippen molar-refractivity contribution in [2.75, 3.05) is 12.0 Å². The molecule has 0 bridgehead atoms. The van der Waals surface area contributed by atoms with Crippen molar-refractivity contribution < 1.29 is 17.9 Å². The van der Waals surface area contributed by atoms with Crippen molar-refractivity contribution in [3.63, 3.8) is 0 Å². The van der Waals surface area contributed by atoms with Crippen LogP contribution in [0.1, 0.15) is 23.8 Å². The first-order chi connectivity index (χ1) is 8.35. The lowest BCUT2D eigenvalue weighted by molar-refractivity contribution is 0.149. The normalized spacial score (nSPS) is 13.9. The minimum atomic E-state index is -3.07. The van der Waals surface area contributed by atoms with Crippen LogP contribution >= 0.6 is 0 Å². The van der Waals surface area contributed by atoms with Crippen LogP contribution in [0.4, 0.5) is 0 Å². The average molecular weight is 268 g/mol. The van der Waals surface area contributed by atoms with E-state index in [2.05, 4.69) is 0 Å². The smallest absolute Gasteiger partial charge is 0.147 e. The first kappa shape index (κ1) is 13.1. The fourth-order valence-corrected chi connectivity index (χ4v) is 2.47. The third-order valence-electron chi connectivity index (χ3n) is 2.78. The quantitative estimate of drug-likeness (QED) is 0.923. The van der Waals surface area contributed by atoms with Gasteiger partial charge in [0.15, 0.2) is 0 Å². The summed E-state index contributed by atoms with van der Waals surface area (Å²) in [7, 11) is -3.07. The Balaban J connectivity index is 2.20. The zero-order valence-corrected chi connectivity index (χ0v) is 11.2. The fourth-order valence-electron chi connectivity index (χ4n) is 1.82. The summed E-state index contributed by atoms with van der Waals surface area (Å²) in [6.07, 6.45) is 0.423. The predicted molar refractivity (Wildman–Crippen MR) is 70.2 cm³/mol. The van der Waals surface area contributed by atoms with Crippen LogP contribution in [0, 0.1) is 6.92 Å². The van der Waals surface area contributed by atoms with Crippen molar-refractivity contribution in [3.8, 4) is 0 Å². The maximum atomic E-state index is 11.0. The lowest BCUT2D eigenvalue weighted by Gasteiger charge is -2.05. The second-order valence-electron chi connectivity index (χ2n) is 4.62. The molecule has 0 fully saturated rings. The molecule has 0 spiro atoms. The summed E-state index contributed by atoms with van der Waals surface area (Å²) in [5, 5.41) is 10.8. The lowest BCUT2D eigenvalue weighted by atomic mass is 10.1. The van der Waals surface area contributed by atoms with E-state index in [1.807, 2.05) is 25.1 Å². The van der Waals surface area contributed by atoms with Gasteiger partial charge in [0, 0.05) is 11.6 Å². The van der Waals surface area contributed by atoms with Crippen LogP contribution in [0.25, 0.3) is 11.0 Å². The molecule has 1 unspecified atom stereocenters. The van der Waals surface area contributed by atoms with Gasteiger partial charge in [0.25, 0.3) is 0 Å². The highest BCUT2D eigenvalue weighted by Gasteiger charge is 2.15. The number of hydrogen-bond donors (Lipinski definition) is 1. The summed E-state index contributed by atoms with van der Waals surface area (Å²) < 4.78 is 27.6. The molecule has 1 aromatic heterocycles. The average Bonchev–Trinajstić information content (AvgIpc) is 2.67. The Hall–Kier alpha value is -1.33. The number of aryl methyl sites for hydroxylation is 1. The molecule has 0 saturated heterocycles. The van der Waals surface area contributed by atoms with Crippen LogP contribution in [0.15, 0.2) is 28.7 Å². The molecule has 1 heterocycles. The number of rotatable bonds is 4. The molecule has 2 rings (SSSR count). The fraction of sp³-hybridized carbons (Fsp3) is 0.385. The standard InChI is InChI=1S/C13H16O4S/c1-9-3-4-12-10(7-9)8-13(17-12)11(14)5-6-18(2,15)16/h3-4,7-8,11,14H,5-6H2,1-2H3. The Kier molecular flexibility index (Phi) is 3.45. The van der Waals surface area contributed by atoms with Crippen molar-refractivity contribution in [2.24, 2.45) is 0 Å². The van der Waals surface area contributed by atoms with Gasteiger partial charge in [0.1, 0.15) is 27.3 Å². The Morgan fingerprint density at radius 2 is 2.06 bits per heavy atom. The molecule has 4 nitrogen and oxygen atoms in total. The molecule has 0 saturated carbocycles. The summed E-state index contributed by atoms with van der Waals surface area (Å²) in [5.74, 6) is 0.365. The summed E-state index contributed by atoms with van der Waals surface area (Å²) >= 11 is 0. The van der Waals surface area contributed by atoms with E-state index in [9.17, 15) is 13.5 Å². The number of hydrogen-bond acceptors (Lipinski definition) is 4. The van der Waals surface area contributed by atoms with E-state index in [4.69, 9.17) is 4.42 Å². The minimum absolute atomic E-state index is 0.0513. The molecule has 0 radical (unpaired) electrons. The highest BCUT2D eigenvalue weighted by Crippen LogP contribution is 2.26. The van der Waals surface area contributed by atoms with E-state index in [1.165, 1.54) is 0 Å². The first-order valence-corrected chi connectivity index (χ1v) is 7.77. The van der Waals surface area contributed by atoms with Gasteiger partial charge in [0.05, 0.1) is 5.75 Å². The second kappa shape index (κ2) is 4.74. The van der Waals surface area contributed by atoms with Crippen LogP contribution in [0.5, 0.6) is 0 Å². The molecule has 98 valence electrons. The third kappa shape index (κ3) is 3.11. The number of furan rings is 1. The van der Waals surface area contributed by atoms with Crippen LogP contribution in [-0.2, 0) is 9.84 Å². The van der Waals surface area contributed by atoms with Crippen LogP contribution < -0.4 is 0 Å².